The number of ether oxygens (including phenoxy) is 1. The zero-order chi connectivity index (χ0) is 20.0. The summed E-state index contributed by atoms with van der Waals surface area (Å²) in [4.78, 5) is 17.7. The summed E-state index contributed by atoms with van der Waals surface area (Å²) in [6.45, 7) is 0.437. The highest BCUT2D eigenvalue weighted by Gasteiger charge is 2.42. The molecule has 1 aromatic carbocycles. The molecule has 1 aliphatic rings. The van der Waals surface area contributed by atoms with Crippen molar-refractivity contribution in [2.24, 2.45) is 5.92 Å². The summed E-state index contributed by atoms with van der Waals surface area (Å²) in [7, 11) is 0. The molecule has 28 heavy (non-hydrogen) atoms. The lowest BCUT2D eigenvalue weighted by Crippen LogP contribution is -2.44. The van der Waals surface area contributed by atoms with Gasteiger partial charge in [-0.2, -0.15) is 13.2 Å². The Hall–Kier alpha value is -2.83. The maximum Gasteiger partial charge on any atom is 0.393 e. The standard InChI is InChI=1S/C21H21F3N2O2/c22-21(23,24)17-4-3-13-26(14-17)20(27)11-8-16-6-9-19(10-7-16)28-15-18-5-1-2-12-25-18/h1-2,5-12,17H,3-4,13-15H2/b11-8+. The van der Waals surface area contributed by atoms with Crippen LogP contribution in [-0.2, 0) is 11.4 Å². The van der Waals surface area contributed by atoms with Gasteiger partial charge in [0.2, 0.25) is 5.91 Å². The number of aromatic nitrogens is 1. The predicted octanol–water partition coefficient (Wildman–Crippen LogP) is 4.47. The second-order valence-electron chi connectivity index (χ2n) is 6.68. The minimum atomic E-state index is -4.26. The van der Waals surface area contributed by atoms with E-state index in [4.69, 9.17) is 4.74 Å². The van der Waals surface area contributed by atoms with Gasteiger partial charge in [-0.25, -0.2) is 0 Å². The van der Waals surface area contributed by atoms with Crippen LogP contribution >= 0.6 is 0 Å². The maximum absolute atomic E-state index is 12.9. The molecule has 4 nitrogen and oxygen atoms in total. The molecule has 1 atom stereocenters. The van der Waals surface area contributed by atoms with Crippen LogP contribution in [0.3, 0.4) is 0 Å². The number of carbonyl (C=O) groups is 1. The summed E-state index contributed by atoms with van der Waals surface area (Å²) in [5.41, 5.74) is 1.58. The lowest BCUT2D eigenvalue weighted by atomic mass is 9.97. The minimum Gasteiger partial charge on any atom is -0.487 e. The van der Waals surface area contributed by atoms with Gasteiger partial charge in [0.1, 0.15) is 12.4 Å². The molecule has 0 N–H and O–H groups in total. The van der Waals surface area contributed by atoms with Crippen LogP contribution in [0.25, 0.3) is 6.08 Å². The van der Waals surface area contributed by atoms with E-state index < -0.39 is 18.0 Å². The van der Waals surface area contributed by atoms with Crippen LogP contribution in [0.1, 0.15) is 24.1 Å². The first kappa shape index (κ1) is 19.9. The molecule has 1 unspecified atom stereocenters. The molecule has 0 saturated carbocycles. The Morgan fingerprint density at radius 2 is 2.00 bits per heavy atom. The summed E-state index contributed by atoms with van der Waals surface area (Å²) >= 11 is 0. The van der Waals surface area contributed by atoms with E-state index in [1.165, 1.54) is 11.0 Å². The van der Waals surface area contributed by atoms with Gasteiger partial charge in [0.05, 0.1) is 11.6 Å². The van der Waals surface area contributed by atoms with Crippen molar-refractivity contribution < 1.29 is 22.7 Å². The zero-order valence-electron chi connectivity index (χ0n) is 15.2. The van der Waals surface area contributed by atoms with Crippen molar-refractivity contribution >= 4 is 12.0 Å². The lowest BCUT2D eigenvalue weighted by Gasteiger charge is -2.33. The Morgan fingerprint density at radius 3 is 2.68 bits per heavy atom. The highest BCUT2D eigenvalue weighted by Crippen LogP contribution is 2.33. The Kier molecular flexibility index (Phi) is 6.34. The minimum absolute atomic E-state index is 0.0803. The highest BCUT2D eigenvalue weighted by atomic mass is 19.4. The van der Waals surface area contributed by atoms with Gasteiger partial charge in [-0.15, -0.1) is 0 Å². The monoisotopic (exact) mass is 390 g/mol. The summed E-state index contributed by atoms with van der Waals surface area (Å²) in [6.07, 6.45) is 0.810. The molecule has 1 fully saturated rings. The molecular formula is C21H21F3N2O2. The lowest BCUT2D eigenvalue weighted by molar-refractivity contribution is -0.187. The predicted molar refractivity (Wildman–Crippen MR) is 99.4 cm³/mol. The van der Waals surface area contributed by atoms with Crippen molar-refractivity contribution in [2.45, 2.75) is 25.6 Å². The van der Waals surface area contributed by atoms with Gasteiger partial charge >= 0.3 is 6.18 Å². The van der Waals surface area contributed by atoms with Gasteiger partial charge < -0.3 is 9.64 Å². The molecule has 0 aliphatic carbocycles. The number of benzene rings is 1. The molecule has 1 amide bonds. The van der Waals surface area contributed by atoms with Crippen molar-refractivity contribution in [3.8, 4) is 5.75 Å². The fourth-order valence-corrected chi connectivity index (χ4v) is 3.03. The van der Waals surface area contributed by atoms with E-state index in [9.17, 15) is 18.0 Å². The Balaban J connectivity index is 1.53. The van der Waals surface area contributed by atoms with E-state index in [1.807, 2.05) is 18.2 Å². The quantitative estimate of drug-likeness (QED) is 0.708. The van der Waals surface area contributed by atoms with Crippen LogP contribution in [0.2, 0.25) is 0 Å². The van der Waals surface area contributed by atoms with Crippen molar-refractivity contribution in [2.75, 3.05) is 13.1 Å². The Morgan fingerprint density at radius 1 is 1.21 bits per heavy atom. The average molecular weight is 390 g/mol. The molecule has 7 heteroatoms. The largest absolute Gasteiger partial charge is 0.487 e. The van der Waals surface area contributed by atoms with E-state index in [2.05, 4.69) is 4.98 Å². The Labute approximate surface area is 161 Å². The topological polar surface area (TPSA) is 42.4 Å². The van der Waals surface area contributed by atoms with Crippen molar-refractivity contribution in [1.29, 1.82) is 0 Å². The summed E-state index contributed by atoms with van der Waals surface area (Å²) in [5.74, 6) is -1.17. The number of nitrogens with zero attached hydrogens (tertiary/aromatic N) is 2. The van der Waals surface area contributed by atoms with E-state index in [0.717, 1.165) is 11.3 Å². The van der Waals surface area contributed by atoms with Crippen LogP contribution in [0.4, 0.5) is 13.2 Å². The fraction of sp³-hybridized carbons (Fsp3) is 0.333. The highest BCUT2D eigenvalue weighted by molar-refractivity contribution is 5.91. The van der Waals surface area contributed by atoms with Gasteiger partial charge in [0.15, 0.2) is 0 Å². The smallest absolute Gasteiger partial charge is 0.393 e. The number of halogens is 3. The fourth-order valence-electron chi connectivity index (χ4n) is 3.03. The first-order valence-corrected chi connectivity index (χ1v) is 9.08. The van der Waals surface area contributed by atoms with Gasteiger partial charge in [-0.05, 0) is 48.7 Å². The first-order chi connectivity index (χ1) is 13.4. The van der Waals surface area contributed by atoms with Crippen molar-refractivity contribution in [1.82, 2.24) is 9.88 Å². The van der Waals surface area contributed by atoms with Crippen LogP contribution < -0.4 is 4.74 Å². The number of alkyl halides is 3. The van der Waals surface area contributed by atoms with Crippen molar-refractivity contribution in [3.05, 3.63) is 66.0 Å². The van der Waals surface area contributed by atoms with Crippen molar-refractivity contribution in [3.63, 3.8) is 0 Å². The molecule has 0 radical (unpaired) electrons. The third kappa shape index (κ3) is 5.58. The number of rotatable bonds is 5. The van der Waals surface area contributed by atoms with Gasteiger partial charge in [-0.3, -0.25) is 9.78 Å². The average Bonchev–Trinajstić information content (AvgIpc) is 2.71. The number of pyridine rings is 1. The van der Waals surface area contributed by atoms with Crippen LogP contribution in [-0.4, -0.2) is 35.1 Å². The normalized spacial score (nSPS) is 17.7. The first-order valence-electron chi connectivity index (χ1n) is 9.08. The summed E-state index contributed by atoms with van der Waals surface area (Å²) in [6, 6.07) is 12.7. The molecule has 3 rings (SSSR count). The molecule has 2 aromatic rings. The van der Waals surface area contributed by atoms with Crippen LogP contribution in [0.5, 0.6) is 5.75 Å². The molecule has 148 valence electrons. The Bertz CT molecular complexity index is 805. The number of hydrogen-bond acceptors (Lipinski definition) is 3. The van der Waals surface area contributed by atoms with Gasteiger partial charge in [0.25, 0.3) is 0 Å². The number of amides is 1. The molecule has 1 saturated heterocycles. The SMILES string of the molecule is O=C(/C=C/c1ccc(OCc2ccccn2)cc1)N1CCCC(C(F)(F)F)C1. The second-order valence-corrected chi connectivity index (χ2v) is 6.68. The molecule has 1 aliphatic heterocycles. The zero-order valence-corrected chi connectivity index (χ0v) is 15.2. The number of likely N-dealkylation sites (tertiary alicyclic amines) is 1. The molecule has 2 heterocycles. The second kappa shape index (κ2) is 8.91. The number of carbonyl (C=O) groups excluding carboxylic acids is 1. The van der Waals surface area contributed by atoms with Gasteiger partial charge in [-0.1, -0.05) is 18.2 Å². The van der Waals surface area contributed by atoms with E-state index >= 15 is 0 Å². The molecular weight excluding hydrogens is 369 g/mol. The maximum atomic E-state index is 12.9. The summed E-state index contributed by atoms with van der Waals surface area (Å²) in [5, 5.41) is 0. The molecule has 1 aromatic heterocycles. The van der Waals surface area contributed by atoms with E-state index in [1.54, 1.807) is 36.5 Å². The van der Waals surface area contributed by atoms with Crippen LogP contribution in [0.15, 0.2) is 54.7 Å². The number of hydrogen-bond donors (Lipinski definition) is 0. The third-order valence-corrected chi connectivity index (χ3v) is 4.61. The molecule has 0 spiro atoms. The van der Waals surface area contributed by atoms with Gasteiger partial charge in [0, 0.05) is 25.4 Å². The van der Waals surface area contributed by atoms with Crippen LogP contribution in [0, 0.1) is 5.92 Å². The number of piperidine rings is 1. The molecule has 0 bridgehead atoms. The van der Waals surface area contributed by atoms with E-state index in [0.29, 0.717) is 25.3 Å². The summed E-state index contributed by atoms with van der Waals surface area (Å²) < 4.78 is 44.2. The third-order valence-electron chi connectivity index (χ3n) is 4.61. The van der Waals surface area contributed by atoms with E-state index in [-0.39, 0.29) is 13.0 Å².